The average Bonchev–Trinajstić information content (AvgIpc) is 3.15. The molecule has 26 heteroatoms. The number of ether oxygens (including phenoxy) is 2. The van der Waals surface area contributed by atoms with Crippen LogP contribution in [0.2, 0.25) is 0 Å². The summed E-state index contributed by atoms with van der Waals surface area (Å²) in [6, 6.07) is 16.9. The molecule has 306 valence electrons. The number of azo groups is 2. The smallest absolute Gasteiger partial charge is 0.871 e. The number of nitrogens with one attached hydrogen (secondary N) is 2. The van der Waals surface area contributed by atoms with Crippen LogP contribution in [0.1, 0.15) is 5.56 Å². The molecule has 4 N–H and O–H groups in total. The molecule has 0 aromatic heterocycles. The van der Waals surface area contributed by atoms with Gasteiger partial charge in [-0.3, -0.25) is 9.11 Å². The second-order valence-corrected chi connectivity index (χ2v) is 16.4. The fraction of sp³-hybridized carbons (Fsp3) is 0.0833. The van der Waals surface area contributed by atoms with Crippen LogP contribution in [0.4, 0.5) is 38.9 Å². The van der Waals surface area contributed by atoms with E-state index in [1.165, 1.54) is 56.5 Å². The van der Waals surface area contributed by atoms with E-state index in [1.807, 2.05) is 0 Å². The van der Waals surface area contributed by atoms with Crippen LogP contribution in [-0.2, 0) is 30.4 Å². The molecule has 0 aliphatic heterocycles. The van der Waals surface area contributed by atoms with Crippen molar-refractivity contribution in [2.45, 2.75) is 21.6 Å². The zero-order valence-electron chi connectivity index (χ0n) is 33.4. The molecule has 0 fully saturated rings. The average molecular weight is 933 g/mol. The largest absolute Gasteiger partial charge is 1.00 e. The maximum Gasteiger partial charge on any atom is 1.00 e. The number of urea groups is 1. The van der Waals surface area contributed by atoms with E-state index in [4.69, 9.17) is 9.47 Å². The van der Waals surface area contributed by atoms with Crippen LogP contribution < -0.4 is 119 Å². The molecule has 0 unspecified atom stereocenters. The first kappa shape index (κ1) is 52.6. The Morgan fingerprint density at radius 2 is 1.05 bits per heavy atom. The number of fused-ring (bicyclic) bond motifs is 2. The summed E-state index contributed by atoms with van der Waals surface area (Å²) in [6.45, 7) is 1.29. The molecule has 62 heavy (non-hydrogen) atoms. The van der Waals surface area contributed by atoms with Crippen LogP contribution >= 0.6 is 0 Å². The molecule has 0 saturated heterocycles. The quantitative estimate of drug-likeness (QED) is 0.0586. The Balaban J connectivity index is 0.00000341. The van der Waals surface area contributed by atoms with E-state index in [0.717, 1.165) is 31.4 Å². The van der Waals surface area contributed by atoms with Gasteiger partial charge in [-0.1, -0.05) is 35.8 Å². The summed E-state index contributed by atoms with van der Waals surface area (Å²) in [7, 11) is -12.5. The first-order valence-electron chi connectivity index (χ1n) is 16.4. The van der Waals surface area contributed by atoms with Gasteiger partial charge in [-0.2, -0.15) is 16.8 Å². The number of amides is 2. The first-order chi connectivity index (χ1) is 27.7. The summed E-state index contributed by atoms with van der Waals surface area (Å²) in [5, 5.41) is 46.9. The summed E-state index contributed by atoms with van der Waals surface area (Å²) in [5.41, 5.74) is -1.46. The molecule has 0 bridgehead atoms. The summed E-state index contributed by atoms with van der Waals surface area (Å²) in [5.74, 6) is -1.87. The van der Waals surface area contributed by atoms with Gasteiger partial charge >= 0.3 is 94.7 Å². The fourth-order valence-electron chi connectivity index (χ4n) is 5.79. The van der Waals surface area contributed by atoms with E-state index >= 15 is 0 Å². The third-order valence-corrected chi connectivity index (χ3v) is 11.2. The van der Waals surface area contributed by atoms with Crippen molar-refractivity contribution in [3.05, 3.63) is 90.5 Å². The molecule has 6 rings (SSSR count). The number of carbonyl (C=O) groups is 1. The minimum absolute atomic E-state index is 0. The van der Waals surface area contributed by atoms with Gasteiger partial charge in [0.25, 0.3) is 20.2 Å². The molecule has 0 aliphatic carbocycles. The van der Waals surface area contributed by atoms with E-state index < -0.39 is 73.9 Å². The van der Waals surface area contributed by atoms with Crippen molar-refractivity contribution in [3.8, 4) is 23.0 Å². The van der Waals surface area contributed by atoms with Crippen LogP contribution in [0.3, 0.4) is 0 Å². The Morgan fingerprint density at radius 3 is 1.48 bits per heavy atom. The van der Waals surface area contributed by atoms with Crippen molar-refractivity contribution in [1.82, 2.24) is 0 Å². The zero-order chi connectivity index (χ0) is 43.0. The Morgan fingerprint density at radius 1 is 0.597 bits per heavy atom. The van der Waals surface area contributed by atoms with Gasteiger partial charge in [-0.25, -0.2) is 13.2 Å². The number of hydrogen-bond donors (Lipinski definition) is 4. The number of para-hydroxylation sites is 1. The second-order valence-electron chi connectivity index (χ2n) is 12.3. The second kappa shape index (κ2) is 20.8. The Hall–Kier alpha value is -3.76. The van der Waals surface area contributed by atoms with Gasteiger partial charge in [0.15, 0.2) is 0 Å². The van der Waals surface area contributed by atoms with Crippen molar-refractivity contribution < 1.29 is 152 Å². The fourth-order valence-corrected chi connectivity index (χ4v) is 7.80. The molecular formula is C36H27N6Na3O14S3. The van der Waals surface area contributed by atoms with Gasteiger partial charge in [0.2, 0.25) is 0 Å². The molecule has 6 aromatic rings. The molecule has 0 aliphatic rings. The third kappa shape index (κ3) is 11.7. The van der Waals surface area contributed by atoms with E-state index in [0.29, 0.717) is 0 Å². The number of anilines is 2. The Bertz CT molecular complexity index is 3140. The van der Waals surface area contributed by atoms with E-state index in [2.05, 4.69) is 31.1 Å². The number of aryl methyl sites for hydroxylation is 1. The normalized spacial score (nSPS) is 11.8. The first-order valence-corrected chi connectivity index (χ1v) is 20.7. The minimum Gasteiger partial charge on any atom is -0.871 e. The van der Waals surface area contributed by atoms with E-state index in [-0.39, 0.29) is 150 Å². The summed E-state index contributed by atoms with van der Waals surface area (Å²) in [6.07, 6.45) is 0. The van der Waals surface area contributed by atoms with Crippen LogP contribution in [-0.4, -0.2) is 59.2 Å². The van der Waals surface area contributed by atoms with Gasteiger partial charge < -0.3 is 34.9 Å². The van der Waals surface area contributed by atoms with E-state index in [9.17, 15) is 53.9 Å². The Kier molecular flexibility index (Phi) is 17.7. The molecule has 0 radical (unpaired) electrons. The van der Waals surface area contributed by atoms with Crippen molar-refractivity contribution >= 4 is 92.1 Å². The minimum atomic E-state index is -5.13. The molecule has 2 amide bonds. The standard InChI is InChI=1S/C36H30N6O14S3.3Na/c1-18-12-26(28(56-3)17-29(18)57(46,47)48)40-42-33-31(59(52,53)54)16-20-14-22(9-11-24(20)35(33)44)38-36(45)37-21-8-10-23-19(13-21)15-30(58(49,50)51)32(34(23)43)41-39-25-6-4-5-7-27(25)55-2;;;/h4-17,43-44H,1-3H3,(H2,37,38,45)(H,46,47,48)(H,49,50,51)(H,52,53,54);;;/q;3*+1/p-3. The molecular weight excluding hydrogens is 906 g/mol. The van der Waals surface area contributed by atoms with Gasteiger partial charge in [-0.05, 0) is 88.6 Å². The number of benzene rings is 6. The zero-order valence-corrected chi connectivity index (χ0v) is 41.8. The summed E-state index contributed by atoms with van der Waals surface area (Å²) < 4.78 is 114. The van der Waals surface area contributed by atoms with Crippen LogP contribution in [0.25, 0.3) is 21.5 Å². The van der Waals surface area contributed by atoms with E-state index in [1.54, 1.807) is 18.2 Å². The topological polar surface area (TPSA) is 321 Å². The molecule has 0 spiro atoms. The molecule has 0 atom stereocenters. The summed E-state index contributed by atoms with van der Waals surface area (Å²) >= 11 is 0. The van der Waals surface area contributed by atoms with Crippen molar-refractivity contribution in [3.63, 3.8) is 0 Å². The SMILES string of the molecule is COc1ccccc1N=Nc1c(S(=O)(=O)O)cc2cc(NC(=O)Nc3ccc4c([O-])c(N=Nc5cc(C)c(S(=O)(=O)[O-])cc5OC)c(S(=O)(=O)O)cc4c3)ccc2c1[O-].[Na+].[Na+].[Na+]. The predicted octanol–water partition coefficient (Wildman–Crippen LogP) is -2.65. The van der Waals surface area contributed by atoms with Gasteiger partial charge in [0.1, 0.15) is 42.8 Å². The number of hydrogen-bond acceptors (Lipinski definition) is 16. The van der Waals surface area contributed by atoms with Gasteiger partial charge in [0, 0.05) is 17.4 Å². The number of carbonyl (C=O) groups excluding carboxylic acids is 1. The maximum absolute atomic E-state index is 13.5. The van der Waals surface area contributed by atoms with Gasteiger partial charge in [-0.15, -0.1) is 20.5 Å². The molecule has 0 saturated carbocycles. The summed E-state index contributed by atoms with van der Waals surface area (Å²) in [4.78, 5) is 10.6. The number of methoxy groups -OCH3 is 2. The number of nitrogens with zero attached hydrogens (tertiary/aromatic N) is 4. The molecule has 20 nitrogen and oxygen atoms in total. The van der Waals surface area contributed by atoms with Crippen LogP contribution in [0.15, 0.2) is 120 Å². The monoisotopic (exact) mass is 932 g/mol. The van der Waals surface area contributed by atoms with Crippen molar-refractivity contribution in [2.24, 2.45) is 20.5 Å². The van der Waals surface area contributed by atoms with Crippen molar-refractivity contribution in [2.75, 3.05) is 24.9 Å². The molecule has 6 aromatic carbocycles. The Labute approximate surface area is 420 Å². The van der Waals surface area contributed by atoms with Gasteiger partial charge in [0.05, 0.1) is 30.5 Å². The van der Waals surface area contributed by atoms with Crippen molar-refractivity contribution in [1.29, 1.82) is 0 Å². The van der Waals surface area contributed by atoms with Crippen LogP contribution in [0.5, 0.6) is 23.0 Å². The predicted molar refractivity (Wildman–Crippen MR) is 206 cm³/mol. The number of rotatable bonds is 11. The molecule has 0 heterocycles. The van der Waals surface area contributed by atoms with Crippen LogP contribution in [0, 0.1) is 6.92 Å². The third-order valence-electron chi connectivity index (χ3n) is 8.48. The maximum atomic E-state index is 13.5.